The van der Waals surface area contributed by atoms with Gasteiger partial charge in [0, 0.05) is 16.3 Å². The quantitative estimate of drug-likeness (QED) is 0.327. The van der Waals surface area contributed by atoms with Crippen molar-refractivity contribution < 1.29 is 24.2 Å². The Morgan fingerprint density at radius 1 is 1.00 bits per heavy atom. The zero-order valence-electron chi connectivity index (χ0n) is 19.1. The number of carboxylic acid groups (broad SMARTS) is 1. The highest BCUT2D eigenvalue weighted by Gasteiger charge is 2.34. The van der Waals surface area contributed by atoms with Gasteiger partial charge in [-0.2, -0.15) is 0 Å². The molecule has 0 spiro atoms. The molecule has 3 N–H and O–H groups in total. The van der Waals surface area contributed by atoms with Crippen molar-refractivity contribution in [2.45, 2.75) is 36.3 Å². The van der Waals surface area contributed by atoms with Crippen LogP contribution < -0.4 is 15.4 Å². The second kappa shape index (κ2) is 11.0. The van der Waals surface area contributed by atoms with Crippen LogP contribution in [0.2, 0.25) is 5.02 Å². The largest absolute Gasteiger partial charge is 0.495 e. The van der Waals surface area contributed by atoms with Crippen molar-refractivity contribution in [3.05, 3.63) is 59.6 Å². The molecule has 1 aliphatic rings. The van der Waals surface area contributed by atoms with Crippen LogP contribution >= 0.6 is 23.4 Å². The molecule has 0 aliphatic heterocycles. The third-order valence-electron chi connectivity index (χ3n) is 5.54. The van der Waals surface area contributed by atoms with Crippen LogP contribution in [-0.4, -0.2) is 34.7 Å². The van der Waals surface area contributed by atoms with E-state index in [1.807, 2.05) is 32.1 Å². The molecule has 2 amide bonds. The van der Waals surface area contributed by atoms with Gasteiger partial charge in [0.15, 0.2) is 0 Å². The van der Waals surface area contributed by atoms with Gasteiger partial charge in [-0.3, -0.25) is 14.4 Å². The van der Waals surface area contributed by atoms with E-state index in [4.69, 9.17) is 16.3 Å². The first kappa shape index (κ1) is 25.6. The van der Waals surface area contributed by atoms with Crippen LogP contribution in [0.3, 0.4) is 0 Å². The highest BCUT2D eigenvalue weighted by Crippen LogP contribution is 2.35. The molecule has 2 aromatic rings. The van der Waals surface area contributed by atoms with Crippen molar-refractivity contribution in [1.29, 1.82) is 0 Å². The van der Waals surface area contributed by atoms with Crippen LogP contribution in [-0.2, 0) is 14.4 Å². The Hall–Kier alpha value is -2.97. The molecule has 2 aromatic carbocycles. The monoisotopic (exact) mass is 502 g/mol. The summed E-state index contributed by atoms with van der Waals surface area (Å²) in [6.45, 7) is 3.63. The second-order valence-electron chi connectivity index (χ2n) is 8.42. The number of thioether (sulfide) groups is 1. The maximum Gasteiger partial charge on any atom is 0.307 e. The number of allylic oxidation sites excluding steroid dienone is 2. The lowest BCUT2D eigenvalue weighted by Crippen LogP contribution is -2.34. The van der Waals surface area contributed by atoms with Crippen molar-refractivity contribution >= 4 is 52.5 Å². The number of aliphatic carboxylic acids is 1. The Bertz CT molecular complexity index is 1100. The number of carbonyl (C=O) groups excluding carboxylic acids is 2. The first-order valence-corrected chi connectivity index (χ1v) is 11.9. The van der Waals surface area contributed by atoms with Crippen LogP contribution in [0, 0.1) is 11.8 Å². The number of hydrogen-bond donors (Lipinski definition) is 3. The van der Waals surface area contributed by atoms with Crippen molar-refractivity contribution in [3.63, 3.8) is 0 Å². The van der Waals surface area contributed by atoms with E-state index in [1.54, 1.807) is 36.4 Å². The Labute approximate surface area is 207 Å². The number of ether oxygens (including phenoxy) is 1. The summed E-state index contributed by atoms with van der Waals surface area (Å²) in [6.07, 6.45) is 4.40. The third-order valence-corrected chi connectivity index (χ3v) is 7.04. The van der Waals surface area contributed by atoms with Gasteiger partial charge in [-0.1, -0.05) is 23.8 Å². The van der Waals surface area contributed by atoms with Gasteiger partial charge in [0.2, 0.25) is 11.8 Å². The lowest BCUT2D eigenvalue weighted by Gasteiger charge is -2.24. The molecule has 0 unspecified atom stereocenters. The smallest absolute Gasteiger partial charge is 0.307 e. The third kappa shape index (κ3) is 6.33. The topological polar surface area (TPSA) is 105 Å². The van der Waals surface area contributed by atoms with Gasteiger partial charge < -0.3 is 20.5 Å². The number of methoxy groups -OCH3 is 1. The summed E-state index contributed by atoms with van der Waals surface area (Å²) >= 11 is 7.51. The van der Waals surface area contributed by atoms with E-state index in [1.165, 1.54) is 18.9 Å². The minimum absolute atomic E-state index is 0.193. The average molecular weight is 503 g/mol. The van der Waals surface area contributed by atoms with Crippen LogP contribution in [0.4, 0.5) is 11.4 Å². The number of carboxylic acids is 1. The molecule has 7 nitrogen and oxygen atoms in total. The highest BCUT2D eigenvalue weighted by molar-refractivity contribution is 8.01. The fourth-order valence-corrected chi connectivity index (χ4v) is 4.85. The molecule has 0 bridgehead atoms. The lowest BCUT2D eigenvalue weighted by atomic mass is 9.82. The minimum atomic E-state index is -0.964. The van der Waals surface area contributed by atoms with Crippen LogP contribution in [0.1, 0.15) is 26.7 Å². The Morgan fingerprint density at radius 3 is 2.21 bits per heavy atom. The van der Waals surface area contributed by atoms with Gasteiger partial charge in [-0.15, -0.1) is 11.8 Å². The van der Waals surface area contributed by atoms with Gasteiger partial charge in [-0.05, 0) is 69.2 Å². The van der Waals surface area contributed by atoms with E-state index in [-0.39, 0.29) is 11.8 Å². The van der Waals surface area contributed by atoms with Crippen molar-refractivity contribution in [2.75, 3.05) is 17.7 Å². The van der Waals surface area contributed by atoms with E-state index in [0.717, 1.165) is 4.90 Å². The Kier molecular flexibility index (Phi) is 8.28. The second-order valence-corrected chi connectivity index (χ2v) is 10.5. The maximum atomic E-state index is 12.9. The van der Waals surface area contributed by atoms with Gasteiger partial charge >= 0.3 is 5.97 Å². The summed E-state index contributed by atoms with van der Waals surface area (Å²) in [5.74, 6) is -2.27. The molecule has 1 aliphatic carbocycles. The standard InChI is InChI=1S/C25H27ClN2O5S/c1-25(2,24(32)28-16-10-13-21(33-3)20(26)14-16)34-17-11-8-15(9-12-17)27-22(29)18-6-4-5-7-19(18)23(30)31/h4-5,8-14,18-19H,6-7H2,1-3H3,(H,27,29)(H,28,32)(H,30,31)/t18-,19-/m1/s1. The number of rotatable bonds is 8. The van der Waals surface area contributed by atoms with Gasteiger partial charge in [0.05, 0.1) is 28.7 Å². The van der Waals surface area contributed by atoms with Crippen molar-refractivity contribution in [3.8, 4) is 5.75 Å². The summed E-state index contributed by atoms with van der Waals surface area (Å²) in [5, 5.41) is 15.5. The number of hydrogen-bond acceptors (Lipinski definition) is 5. The zero-order valence-corrected chi connectivity index (χ0v) is 20.7. The highest BCUT2D eigenvalue weighted by atomic mass is 35.5. The molecule has 9 heteroatoms. The normalized spacial score (nSPS) is 17.6. The van der Waals surface area contributed by atoms with E-state index < -0.39 is 22.6 Å². The lowest BCUT2D eigenvalue weighted by molar-refractivity contribution is -0.146. The molecular weight excluding hydrogens is 476 g/mol. The van der Waals surface area contributed by atoms with Gasteiger partial charge in [0.25, 0.3) is 0 Å². The summed E-state index contributed by atoms with van der Waals surface area (Å²) < 4.78 is 4.34. The van der Waals surface area contributed by atoms with E-state index in [0.29, 0.717) is 35.0 Å². The zero-order chi connectivity index (χ0) is 24.9. The van der Waals surface area contributed by atoms with E-state index in [2.05, 4.69) is 10.6 Å². The van der Waals surface area contributed by atoms with Crippen molar-refractivity contribution in [1.82, 2.24) is 0 Å². The molecule has 0 saturated carbocycles. The number of anilines is 2. The fourth-order valence-electron chi connectivity index (χ4n) is 3.58. The molecule has 0 saturated heterocycles. The summed E-state index contributed by atoms with van der Waals surface area (Å²) in [7, 11) is 1.52. The summed E-state index contributed by atoms with van der Waals surface area (Å²) in [5.41, 5.74) is 1.14. The Morgan fingerprint density at radius 2 is 1.62 bits per heavy atom. The molecule has 3 rings (SSSR count). The molecule has 0 radical (unpaired) electrons. The Balaban J connectivity index is 1.61. The van der Waals surface area contributed by atoms with Crippen LogP contribution in [0.25, 0.3) is 0 Å². The average Bonchev–Trinajstić information content (AvgIpc) is 2.80. The number of carbonyl (C=O) groups is 3. The van der Waals surface area contributed by atoms with Gasteiger partial charge in [-0.25, -0.2) is 0 Å². The molecule has 0 heterocycles. The SMILES string of the molecule is COc1ccc(NC(=O)C(C)(C)Sc2ccc(NC(=O)[C@@H]3CC=CC[C@H]3C(=O)O)cc2)cc1Cl. The summed E-state index contributed by atoms with van der Waals surface area (Å²) in [6, 6.07) is 12.2. The van der Waals surface area contributed by atoms with Gasteiger partial charge in [0.1, 0.15) is 5.75 Å². The van der Waals surface area contributed by atoms with Crippen LogP contribution in [0.5, 0.6) is 5.75 Å². The molecule has 0 fully saturated rings. The molecule has 0 aromatic heterocycles. The minimum Gasteiger partial charge on any atom is -0.495 e. The maximum absolute atomic E-state index is 12.9. The number of nitrogens with one attached hydrogen (secondary N) is 2. The number of benzene rings is 2. The predicted molar refractivity (Wildman–Crippen MR) is 135 cm³/mol. The van der Waals surface area contributed by atoms with Crippen molar-refractivity contribution in [2.24, 2.45) is 11.8 Å². The predicted octanol–water partition coefficient (Wildman–Crippen LogP) is 5.46. The first-order valence-electron chi connectivity index (χ1n) is 10.7. The first-order chi connectivity index (χ1) is 16.1. The number of amides is 2. The summed E-state index contributed by atoms with van der Waals surface area (Å²) in [4.78, 5) is 37.8. The van der Waals surface area contributed by atoms with Crippen LogP contribution in [0.15, 0.2) is 59.5 Å². The molecule has 34 heavy (non-hydrogen) atoms. The van der Waals surface area contributed by atoms with E-state index in [9.17, 15) is 19.5 Å². The molecular formula is C25H27ClN2O5S. The fraction of sp³-hybridized carbons (Fsp3) is 0.320. The van der Waals surface area contributed by atoms with E-state index >= 15 is 0 Å². The molecule has 2 atom stereocenters. The molecule has 180 valence electrons. The number of halogens is 1.